The monoisotopic (exact) mass is 295 g/mol. The van der Waals surface area contributed by atoms with E-state index in [1.165, 1.54) is 0 Å². The third-order valence-electron chi connectivity index (χ3n) is 6.02. The highest BCUT2D eigenvalue weighted by molar-refractivity contribution is 6.07. The number of hydrogen-bond donors (Lipinski definition) is 0. The number of hydrogen-bond acceptors (Lipinski definition) is 2. The van der Waals surface area contributed by atoms with E-state index in [9.17, 15) is 9.59 Å². The van der Waals surface area contributed by atoms with E-state index >= 15 is 0 Å². The molecular weight excluding hydrogens is 274 g/mol. The van der Waals surface area contributed by atoms with Gasteiger partial charge in [-0.1, -0.05) is 37.6 Å². The predicted molar refractivity (Wildman–Crippen MR) is 85.4 cm³/mol. The van der Waals surface area contributed by atoms with Crippen LogP contribution in [0.3, 0.4) is 0 Å². The summed E-state index contributed by atoms with van der Waals surface area (Å²) in [6.07, 6.45) is 6.35. The van der Waals surface area contributed by atoms with Crippen LogP contribution in [0, 0.1) is 23.2 Å². The third-order valence-corrected chi connectivity index (χ3v) is 6.02. The van der Waals surface area contributed by atoms with Gasteiger partial charge in [0.2, 0.25) is 5.91 Å². The molecule has 3 aliphatic rings. The van der Waals surface area contributed by atoms with Gasteiger partial charge in [-0.25, -0.2) is 0 Å². The Morgan fingerprint density at radius 3 is 2.73 bits per heavy atom. The third kappa shape index (κ3) is 1.62. The first-order valence-corrected chi connectivity index (χ1v) is 8.26. The summed E-state index contributed by atoms with van der Waals surface area (Å²) in [5.74, 6) is 0.910. The standard InChI is InChI=1S/C19H21NO2/c1-2-13-11-14-12-20(15-7-4-3-5-8-15)18(22)19(14)10-6-9-16(21)17(13)19/h3-9,13-14,17H,2,10-12H2,1H3/t13-,14+,17+,19+/m0/s1. The summed E-state index contributed by atoms with van der Waals surface area (Å²) in [5, 5.41) is 0. The summed E-state index contributed by atoms with van der Waals surface area (Å²) in [5.41, 5.74) is 0.493. The number of para-hydroxylation sites is 1. The highest BCUT2D eigenvalue weighted by atomic mass is 16.2. The first kappa shape index (κ1) is 13.7. The Morgan fingerprint density at radius 1 is 1.23 bits per heavy atom. The number of allylic oxidation sites excluding steroid dienone is 2. The second kappa shape index (κ2) is 4.80. The molecule has 1 saturated carbocycles. The van der Waals surface area contributed by atoms with Gasteiger partial charge in [-0.05, 0) is 42.9 Å². The Hall–Kier alpha value is -1.90. The van der Waals surface area contributed by atoms with Gasteiger partial charge in [0, 0.05) is 18.2 Å². The summed E-state index contributed by atoms with van der Waals surface area (Å²) in [6, 6.07) is 9.87. The smallest absolute Gasteiger partial charge is 0.234 e. The van der Waals surface area contributed by atoms with Crippen LogP contribution in [0.4, 0.5) is 5.69 Å². The van der Waals surface area contributed by atoms with Crippen LogP contribution in [-0.2, 0) is 9.59 Å². The summed E-state index contributed by atoms with van der Waals surface area (Å²) >= 11 is 0. The zero-order valence-corrected chi connectivity index (χ0v) is 12.9. The second-order valence-electron chi connectivity index (χ2n) is 6.88. The number of amides is 1. The Kier molecular flexibility index (Phi) is 3.00. The zero-order chi connectivity index (χ0) is 15.3. The molecule has 1 aliphatic heterocycles. The number of anilines is 1. The normalized spacial score (nSPS) is 36.6. The fraction of sp³-hybridized carbons (Fsp3) is 0.474. The van der Waals surface area contributed by atoms with Crippen molar-refractivity contribution in [2.75, 3.05) is 11.4 Å². The molecule has 0 unspecified atom stereocenters. The topological polar surface area (TPSA) is 37.4 Å². The van der Waals surface area contributed by atoms with Gasteiger partial charge < -0.3 is 4.90 Å². The molecule has 1 heterocycles. The van der Waals surface area contributed by atoms with Gasteiger partial charge in [0.25, 0.3) is 0 Å². The number of carbonyl (C=O) groups is 2. The molecule has 2 aliphatic carbocycles. The lowest BCUT2D eigenvalue weighted by Crippen LogP contribution is -2.45. The van der Waals surface area contributed by atoms with Crippen LogP contribution in [0.1, 0.15) is 26.2 Å². The van der Waals surface area contributed by atoms with Crippen molar-refractivity contribution < 1.29 is 9.59 Å². The SMILES string of the molecule is CC[C@H]1C[C@@H]2CN(c3ccccc3)C(=O)[C@]23CC=CC(=O)[C@@H]13. The Morgan fingerprint density at radius 2 is 2.00 bits per heavy atom. The van der Waals surface area contributed by atoms with Crippen molar-refractivity contribution in [3.63, 3.8) is 0 Å². The van der Waals surface area contributed by atoms with Crippen LogP contribution in [0.15, 0.2) is 42.5 Å². The average Bonchev–Trinajstić information content (AvgIpc) is 3.00. The highest BCUT2D eigenvalue weighted by Gasteiger charge is 2.66. The summed E-state index contributed by atoms with van der Waals surface area (Å²) < 4.78 is 0. The van der Waals surface area contributed by atoms with Crippen LogP contribution in [0.5, 0.6) is 0 Å². The van der Waals surface area contributed by atoms with Gasteiger partial charge in [0.05, 0.1) is 5.41 Å². The molecule has 0 bridgehead atoms. The van der Waals surface area contributed by atoms with Gasteiger partial charge in [-0.2, -0.15) is 0 Å². The maximum Gasteiger partial charge on any atom is 0.234 e. The molecule has 0 N–H and O–H groups in total. The molecule has 4 atom stereocenters. The Balaban J connectivity index is 1.77. The fourth-order valence-electron chi connectivity index (χ4n) is 5.06. The fourth-order valence-corrected chi connectivity index (χ4v) is 5.06. The largest absolute Gasteiger partial charge is 0.312 e. The van der Waals surface area contributed by atoms with E-state index in [-0.39, 0.29) is 17.6 Å². The quantitative estimate of drug-likeness (QED) is 0.840. The molecule has 22 heavy (non-hydrogen) atoms. The molecule has 2 fully saturated rings. The molecular formula is C19H21NO2. The Labute approximate surface area is 131 Å². The van der Waals surface area contributed by atoms with Crippen molar-refractivity contribution in [1.82, 2.24) is 0 Å². The molecule has 4 rings (SSSR count). The summed E-state index contributed by atoms with van der Waals surface area (Å²) in [7, 11) is 0. The van der Waals surface area contributed by atoms with Gasteiger partial charge in [-0.3, -0.25) is 9.59 Å². The number of rotatable bonds is 2. The lowest BCUT2D eigenvalue weighted by molar-refractivity contribution is -0.136. The molecule has 0 radical (unpaired) electrons. The summed E-state index contributed by atoms with van der Waals surface area (Å²) in [6.45, 7) is 2.90. The second-order valence-corrected chi connectivity index (χ2v) is 6.88. The van der Waals surface area contributed by atoms with E-state index in [4.69, 9.17) is 0 Å². The molecule has 1 aromatic carbocycles. The average molecular weight is 295 g/mol. The van der Waals surface area contributed by atoms with E-state index in [1.807, 2.05) is 41.3 Å². The van der Waals surface area contributed by atoms with Gasteiger partial charge >= 0.3 is 0 Å². The van der Waals surface area contributed by atoms with E-state index in [0.29, 0.717) is 11.8 Å². The van der Waals surface area contributed by atoms with Crippen molar-refractivity contribution in [2.24, 2.45) is 23.2 Å². The molecule has 1 amide bonds. The van der Waals surface area contributed by atoms with Crippen molar-refractivity contribution in [1.29, 1.82) is 0 Å². The minimum atomic E-state index is -0.470. The molecule has 1 saturated heterocycles. The number of benzene rings is 1. The van der Waals surface area contributed by atoms with Crippen LogP contribution in [-0.4, -0.2) is 18.2 Å². The number of ketones is 1. The van der Waals surface area contributed by atoms with Crippen LogP contribution in [0.25, 0.3) is 0 Å². The van der Waals surface area contributed by atoms with Crippen LogP contribution < -0.4 is 4.90 Å². The molecule has 3 heteroatoms. The van der Waals surface area contributed by atoms with Gasteiger partial charge in [-0.15, -0.1) is 0 Å². The van der Waals surface area contributed by atoms with Crippen molar-refractivity contribution in [2.45, 2.75) is 26.2 Å². The first-order valence-electron chi connectivity index (χ1n) is 8.26. The van der Waals surface area contributed by atoms with Gasteiger partial charge in [0.1, 0.15) is 0 Å². The minimum absolute atomic E-state index is 0.103. The van der Waals surface area contributed by atoms with Crippen molar-refractivity contribution >= 4 is 17.4 Å². The van der Waals surface area contributed by atoms with Gasteiger partial charge in [0.15, 0.2) is 5.78 Å². The number of nitrogens with zero attached hydrogens (tertiary/aromatic N) is 1. The Bertz CT molecular complexity index is 651. The zero-order valence-electron chi connectivity index (χ0n) is 12.9. The maximum atomic E-state index is 13.3. The highest BCUT2D eigenvalue weighted by Crippen LogP contribution is 2.60. The maximum absolute atomic E-state index is 13.3. The van der Waals surface area contributed by atoms with E-state index in [0.717, 1.165) is 31.5 Å². The number of carbonyl (C=O) groups excluding carboxylic acids is 2. The molecule has 0 aromatic heterocycles. The van der Waals surface area contributed by atoms with Crippen LogP contribution in [0.2, 0.25) is 0 Å². The van der Waals surface area contributed by atoms with E-state index < -0.39 is 5.41 Å². The molecule has 114 valence electrons. The van der Waals surface area contributed by atoms with Crippen LogP contribution >= 0.6 is 0 Å². The van der Waals surface area contributed by atoms with E-state index in [2.05, 4.69) is 6.92 Å². The predicted octanol–water partition coefficient (Wildman–Crippen LogP) is 3.21. The lowest BCUT2D eigenvalue weighted by Gasteiger charge is -2.35. The van der Waals surface area contributed by atoms with E-state index in [1.54, 1.807) is 6.08 Å². The minimum Gasteiger partial charge on any atom is -0.312 e. The first-order chi connectivity index (χ1) is 10.7. The summed E-state index contributed by atoms with van der Waals surface area (Å²) in [4.78, 5) is 27.7. The van der Waals surface area contributed by atoms with Crippen molar-refractivity contribution in [3.8, 4) is 0 Å². The molecule has 1 spiro atoms. The lowest BCUT2D eigenvalue weighted by atomic mass is 9.65. The molecule has 1 aromatic rings. The molecule has 3 nitrogen and oxygen atoms in total. The van der Waals surface area contributed by atoms with Crippen molar-refractivity contribution in [3.05, 3.63) is 42.5 Å².